The Morgan fingerprint density at radius 1 is 1.14 bits per heavy atom. The molecule has 22 heavy (non-hydrogen) atoms. The molecule has 2 aromatic carbocycles. The van der Waals surface area contributed by atoms with Crippen molar-refractivity contribution < 1.29 is 4.74 Å². The van der Waals surface area contributed by atoms with E-state index in [1.165, 1.54) is 11.1 Å². The molecule has 1 aliphatic heterocycles. The van der Waals surface area contributed by atoms with E-state index in [4.69, 9.17) is 16.3 Å². The number of hydrogen-bond acceptors (Lipinski definition) is 2. The number of aromatic nitrogens is 2. The van der Waals surface area contributed by atoms with Crippen LogP contribution in [0.2, 0.25) is 5.02 Å². The van der Waals surface area contributed by atoms with Crippen molar-refractivity contribution in [2.24, 2.45) is 0 Å². The van der Waals surface area contributed by atoms with Gasteiger partial charge < -0.3 is 4.74 Å². The number of hydrogen-bond donors (Lipinski definition) is 1. The molecule has 0 unspecified atom stereocenters. The van der Waals surface area contributed by atoms with E-state index in [1.54, 1.807) is 0 Å². The Kier molecular flexibility index (Phi) is 3.16. The fourth-order valence-electron chi connectivity index (χ4n) is 2.91. The van der Waals surface area contributed by atoms with Crippen LogP contribution >= 0.6 is 11.6 Å². The molecule has 3 aromatic rings. The number of rotatable bonds is 1. The van der Waals surface area contributed by atoms with E-state index < -0.39 is 0 Å². The van der Waals surface area contributed by atoms with Crippen molar-refractivity contribution in [3.05, 3.63) is 58.6 Å². The van der Waals surface area contributed by atoms with E-state index in [1.807, 2.05) is 30.3 Å². The van der Waals surface area contributed by atoms with Crippen LogP contribution in [0.4, 0.5) is 0 Å². The van der Waals surface area contributed by atoms with Gasteiger partial charge in [-0.2, -0.15) is 5.10 Å². The number of halogens is 1. The molecule has 1 aromatic heterocycles. The Bertz CT molecular complexity index is 837. The van der Waals surface area contributed by atoms with Crippen molar-refractivity contribution in [2.45, 2.75) is 13.3 Å². The maximum atomic E-state index is 5.98. The zero-order chi connectivity index (χ0) is 15.1. The molecule has 0 saturated carbocycles. The minimum Gasteiger partial charge on any atom is -0.493 e. The summed E-state index contributed by atoms with van der Waals surface area (Å²) in [5.74, 6) is 0.913. The second kappa shape index (κ2) is 5.18. The van der Waals surface area contributed by atoms with Crippen molar-refractivity contribution in [1.82, 2.24) is 10.2 Å². The Hall–Kier alpha value is -2.26. The lowest BCUT2D eigenvalue weighted by atomic mass is 9.99. The van der Waals surface area contributed by atoms with Crippen LogP contribution < -0.4 is 4.74 Å². The second-order valence-corrected chi connectivity index (χ2v) is 5.97. The Balaban J connectivity index is 1.89. The number of aromatic amines is 1. The molecule has 3 nitrogen and oxygen atoms in total. The molecule has 0 amide bonds. The van der Waals surface area contributed by atoms with Gasteiger partial charge in [0.2, 0.25) is 0 Å². The third kappa shape index (κ3) is 2.18. The van der Waals surface area contributed by atoms with Gasteiger partial charge in [-0.3, -0.25) is 5.10 Å². The SMILES string of the molecule is Cc1ccc2c(c1)-c1[nH]nc(-c3ccc(Cl)cc3)c1CCO2. The van der Waals surface area contributed by atoms with Gasteiger partial charge in [-0.25, -0.2) is 0 Å². The van der Waals surface area contributed by atoms with E-state index in [9.17, 15) is 0 Å². The summed E-state index contributed by atoms with van der Waals surface area (Å²) in [6, 6.07) is 14.0. The summed E-state index contributed by atoms with van der Waals surface area (Å²) in [6.45, 7) is 2.74. The minimum absolute atomic E-state index is 0.656. The molecule has 0 saturated heterocycles. The van der Waals surface area contributed by atoms with Crippen LogP contribution in [0.5, 0.6) is 5.75 Å². The Morgan fingerprint density at radius 3 is 2.77 bits per heavy atom. The van der Waals surface area contributed by atoms with E-state index in [2.05, 4.69) is 29.3 Å². The van der Waals surface area contributed by atoms with Gasteiger partial charge in [0.05, 0.1) is 18.0 Å². The van der Waals surface area contributed by atoms with E-state index in [-0.39, 0.29) is 0 Å². The molecule has 0 spiro atoms. The topological polar surface area (TPSA) is 37.9 Å². The highest BCUT2D eigenvalue weighted by atomic mass is 35.5. The first-order valence-electron chi connectivity index (χ1n) is 7.29. The van der Waals surface area contributed by atoms with Crippen molar-refractivity contribution >= 4 is 11.6 Å². The third-order valence-corrected chi connectivity index (χ3v) is 4.25. The van der Waals surface area contributed by atoms with Gasteiger partial charge in [0.15, 0.2) is 0 Å². The van der Waals surface area contributed by atoms with Crippen molar-refractivity contribution in [1.29, 1.82) is 0 Å². The molecule has 4 heteroatoms. The second-order valence-electron chi connectivity index (χ2n) is 5.53. The average molecular weight is 311 g/mol. The number of ether oxygens (including phenoxy) is 1. The smallest absolute Gasteiger partial charge is 0.128 e. The largest absolute Gasteiger partial charge is 0.493 e. The predicted octanol–water partition coefficient (Wildman–Crippen LogP) is 4.64. The highest BCUT2D eigenvalue weighted by molar-refractivity contribution is 6.30. The van der Waals surface area contributed by atoms with Crippen LogP contribution in [0, 0.1) is 6.92 Å². The minimum atomic E-state index is 0.656. The van der Waals surface area contributed by atoms with Crippen molar-refractivity contribution in [2.75, 3.05) is 6.61 Å². The summed E-state index contributed by atoms with van der Waals surface area (Å²) in [6.07, 6.45) is 0.831. The monoisotopic (exact) mass is 310 g/mol. The number of nitrogens with one attached hydrogen (secondary N) is 1. The van der Waals surface area contributed by atoms with Crippen LogP contribution in [-0.2, 0) is 6.42 Å². The molecule has 0 aliphatic carbocycles. The highest BCUT2D eigenvalue weighted by Gasteiger charge is 2.21. The van der Waals surface area contributed by atoms with Gasteiger partial charge in [0.25, 0.3) is 0 Å². The first kappa shape index (κ1) is 13.4. The normalized spacial score (nSPS) is 13.0. The summed E-state index contributed by atoms with van der Waals surface area (Å²) >= 11 is 5.98. The quantitative estimate of drug-likeness (QED) is 0.711. The summed E-state index contributed by atoms with van der Waals surface area (Å²) < 4.78 is 5.89. The van der Waals surface area contributed by atoms with Gasteiger partial charge in [-0.1, -0.05) is 35.4 Å². The van der Waals surface area contributed by atoms with Crippen molar-refractivity contribution in [3.8, 4) is 28.3 Å². The molecule has 4 rings (SSSR count). The van der Waals surface area contributed by atoms with Crippen LogP contribution in [0.1, 0.15) is 11.1 Å². The zero-order valence-corrected chi connectivity index (χ0v) is 12.9. The van der Waals surface area contributed by atoms with Crippen LogP contribution in [0.15, 0.2) is 42.5 Å². The Labute approximate surface area is 133 Å². The maximum Gasteiger partial charge on any atom is 0.128 e. The average Bonchev–Trinajstić information content (AvgIpc) is 2.85. The highest BCUT2D eigenvalue weighted by Crippen LogP contribution is 2.38. The number of nitrogens with zero attached hydrogens (tertiary/aromatic N) is 1. The van der Waals surface area contributed by atoms with Crippen LogP contribution in [0.25, 0.3) is 22.5 Å². The fourth-order valence-corrected chi connectivity index (χ4v) is 3.03. The zero-order valence-electron chi connectivity index (χ0n) is 12.2. The molecule has 2 heterocycles. The number of benzene rings is 2. The van der Waals surface area contributed by atoms with Crippen LogP contribution in [-0.4, -0.2) is 16.8 Å². The maximum absolute atomic E-state index is 5.98. The molecule has 0 fully saturated rings. The molecule has 0 atom stereocenters. The molecular formula is C18H15ClN2O. The summed E-state index contributed by atoms with van der Waals surface area (Å²) in [5.41, 5.74) is 6.59. The number of fused-ring (bicyclic) bond motifs is 3. The lowest BCUT2D eigenvalue weighted by Crippen LogP contribution is -1.99. The fraction of sp³-hybridized carbons (Fsp3) is 0.167. The number of H-pyrrole nitrogens is 1. The molecule has 0 radical (unpaired) electrons. The van der Waals surface area contributed by atoms with E-state index >= 15 is 0 Å². The van der Waals surface area contributed by atoms with Crippen molar-refractivity contribution in [3.63, 3.8) is 0 Å². The van der Waals surface area contributed by atoms with Gasteiger partial charge in [0, 0.05) is 28.1 Å². The van der Waals surface area contributed by atoms with Gasteiger partial charge in [-0.15, -0.1) is 0 Å². The molecule has 1 N–H and O–H groups in total. The summed E-state index contributed by atoms with van der Waals surface area (Å²) in [4.78, 5) is 0. The predicted molar refractivity (Wildman–Crippen MR) is 88.4 cm³/mol. The summed E-state index contributed by atoms with van der Waals surface area (Å²) in [5, 5.41) is 8.48. The van der Waals surface area contributed by atoms with Gasteiger partial charge >= 0.3 is 0 Å². The molecule has 1 aliphatic rings. The Morgan fingerprint density at radius 2 is 1.95 bits per heavy atom. The molecular weight excluding hydrogens is 296 g/mol. The van der Waals surface area contributed by atoms with E-state index in [0.29, 0.717) is 6.61 Å². The van der Waals surface area contributed by atoms with Crippen LogP contribution in [0.3, 0.4) is 0 Å². The lowest BCUT2D eigenvalue weighted by Gasteiger charge is -2.07. The standard InChI is InChI=1S/C18H15ClN2O/c1-11-2-7-16-15(10-11)18-14(8-9-22-16)17(20-21-18)12-3-5-13(19)6-4-12/h2-7,10H,8-9H2,1H3,(H,20,21). The van der Waals surface area contributed by atoms with Gasteiger partial charge in [0.1, 0.15) is 5.75 Å². The summed E-state index contributed by atoms with van der Waals surface area (Å²) in [7, 11) is 0. The van der Waals surface area contributed by atoms with Gasteiger partial charge in [-0.05, 0) is 31.2 Å². The first-order valence-corrected chi connectivity index (χ1v) is 7.67. The van der Waals surface area contributed by atoms with E-state index in [0.717, 1.165) is 39.7 Å². The molecule has 110 valence electrons. The number of aryl methyl sites for hydroxylation is 1. The third-order valence-electron chi connectivity index (χ3n) is 4.00. The lowest BCUT2D eigenvalue weighted by molar-refractivity contribution is 0.326. The first-order chi connectivity index (χ1) is 10.7. The molecule has 0 bridgehead atoms.